The molecule has 1 atom stereocenters. The Labute approximate surface area is 86.1 Å². The topological polar surface area (TPSA) is 20.3 Å². The van der Waals surface area contributed by atoms with Gasteiger partial charge >= 0.3 is 0 Å². The van der Waals surface area contributed by atoms with Crippen LogP contribution in [0.25, 0.3) is 0 Å². The van der Waals surface area contributed by atoms with Crippen LogP contribution in [0.4, 0.5) is 0 Å². The van der Waals surface area contributed by atoms with Gasteiger partial charge in [-0.2, -0.15) is 12.6 Å². The summed E-state index contributed by atoms with van der Waals surface area (Å²) >= 11 is 4.09. The number of rotatable bonds is 2. The Morgan fingerprint density at radius 3 is 2.92 bits per heavy atom. The molecular formula is C10H19NOS. The molecule has 1 rings (SSSR count). The molecular weight excluding hydrogens is 182 g/mol. The second-order valence-electron chi connectivity index (χ2n) is 3.76. The summed E-state index contributed by atoms with van der Waals surface area (Å²) in [6.45, 7) is 3.11. The third-order valence-electron chi connectivity index (χ3n) is 2.70. The first-order valence-corrected chi connectivity index (χ1v) is 5.79. The van der Waals surface area contributed by atoms with Crippen LogP contribution in [0.1, 0.15) is 39.0 Å². The molecule has 76 valence electrons. The summed E-state index contributed by atoms with van der Waals surface area (Å²) in [6.07, 6.45) is 5.47. The lowest BCUT2D eigenvalue weighted by atomic mass is 10.1. The number of amides is 1. The Morgan fingerprint density at radius 1 is 1.46 bits per heavy atom. The first kappa shape index (κ1) is 10.9. The van der Waals surface area contributed by atoms with Crippen molar-refractivity contribution in [2.45, 2.75) is 45.1 Å². The molecule has 0 aromatic rings. The molecule has 0 bridgehead atoms. The van der Waals surface area contributed by atoms with Crippen LogP contribution in [0.3, 0.4) is 0 Å². The summed E-state index contributed by atoms with van der Waals surface area (Å²) in [4.78, 5) is 13.7. The summed E-state index contributed by atoms with van der Waals surface area (Å²) < 4.78 is 0. The number of carbonyl (C=O) groups is 1. The monoisotopic (exact) mass is 201 g/mol. The zero-order valence-corrected chi connectivity index (χ0v) is 9.22. The van der Waals surface area contributed by atoms with E-state index in [4.69, 9.17) is 0 Å². The highest BCUT2D eigenvalue weighted by molar-refractivity contribution is 7.80. The molecule has 1 fully saturated rings. The van der Waals surface area contributed by atoms with E-state index in [1.807, 2.05) is 4.90 Å². The minimum atomic E-state index is 0.282. The van der Waals surface area contributed by atoms with E-state index >= 15 is 0 Å². The van der Waals surface area contributed by atoms with Crippen molar-refractivity contribution in [2.75, 3.05) is 12.3 Å². The second-order valence-corrected chi connectivity index (χ2v) is 4.21. The van der Waals surface area contributed by atoms with Gasteiger partial charge in [0.1, 0.15) is 0 Å². The van der Waals surface area contributed by atoms with Crippen LogP contribution in [-0.4, -0.2) is 29.1 Å². The largest absolute Gasteiger partial charge is 0.340 e. The van der Waals surface area contributed by atoms with E-state index < -0.39 is 0 Å². The molecule has 1 aliphatic heterocycles. The van der Waals surface area contributed by atoms with Crippen LogP contribution in [0.2, 0.25) is 0 Å². The van der Waals surface area contributed by atoms with Crippen molar-refractivity contribution in [3.63, 3.8) is 0 Å². The first-order valence-electron chi connectivity index (χ1n) is 5.16. The Balaban J connectivity index is 2.48. The molecule has 0 N–H and O–H groups in total. The molecule has 0 aliphatic carbocycles. The fourth-order valence-electron chi connectivity index (χ4n) is 1.88. The van der Waals surface area contributed by atoms with Gasteiger partial charge in [-0.05, 0) is 25.5 Å². The number of hydrogen-bond acceptors (Lipinski definition) is 2. The van der Waals surface area contributed by atoms with E-state index in [0.29, 0.717) is 18.2 Å². The molecule has 2 nitrogen and oxygen atoms in total. The van der Waals surface area contributed by atoms with E-state index in [-0.39, 0.29) is 5.91 Å². The van der Waals surface area contributed by atoms with Crippen LogP contribution in [0, 0.1) is 0 Å². The van der Waals surface area contributed by atoms with Gasteiger partial charge in [-0.25, -0.2) is 0 Å². The van der Waals surface area contributed by atoms with Crippen LogP contribution in [-0.2, 0) is 4.79 Å². The van der Waals surface area contributed by atoms with Crippen molar-refractivity contribution in [2.24, 2.45) is 0 Å². The first-order chi connectivity index (χ1) is 6.25. The Morgan fingerprint density at radius 2 is 2.23 bits per heavy atom. The molecule has 0 saturated carbocycles. The fraction of sp³-hybridized carbons (Fsp3) is 0.900. The maximum atomic E-state index is 11.6. The third-order valence-corrected chi connectivity index (χ3v) is 2.92. The number of hydrogen-bond donors (Lipinski definition) is 1. The van der Waals surface area contributed by atoms with Crippen molar-refractivity contribution in [1.82, 2.24) is 4.90 Å². The van der Waals surface area contributed by atoms with E-state index in [2.05, 4.69) is 19.6 Å². The molecule has 0 spiro atoms. The summed E-state index contributed by atoms with van der Waals surface area (Å²) in [5, 5.41) is 0. The van der Waals surface area contributed by atoms with Crippen molar-refractivity contribution < 1.29 is 4.79 Å². The maximum Gasteiger partial charge on any atom is 0.223 e. The molecule has 1 saturated heterocycles. The van der Waals surface area contributed by atoms with Gasteiger partial charge < -0.3 is 4.90 Å². The van der Waals surface area contributed by atoms with Crippen molar-refractivity contribution >= 4 is 18.5 Å². The van der Waals surface area contributed by atoms with E-state index in [1.165, 1.54) is 19.3 Å². The summed E-state index contributed by atoms with van der Waals surface area (Å²) in [7, 11) is 0. The smallest absolute Gasteiger partial charge is 0.223 e. The van der Waals surface area contributed by atoms with Gasteiger partial charge in [0.25, 0.3) is 0 Å². The predicted octanol–water partition coefficient (Wildman–Crippen LogP) is 2.10. The number of carbonyl (C=O) groups excluding carboxylic acids is 1. The lowest BCUT2D eigenvalue weighted by Gasteiger charge is -2.26. The minimum Gasteiger partial charge on any atom is -0.340 e. The Kier molecular flexibility index (Phi) is 4.64. The van der Waals surface area contributed by atoms with Gasteiger partial charge in [-0.15, -0.1) is 0 Å². The van der Waals surface area contributed by atoms with E-state index in [1.54, 1.807) is 0 Å². The summed E-state index contributed by atoms with van der Waals surface area (Å²) in [5.41, 5.74) is 0. The second kappa shape index (κ2) is 5.53. The quantitative estimate of drug-likeness (QED) is 0.678. The van der Waals surface area contributed by atoms with Gasteiger partial charge in [0.05, 0.1) is 0 Å². The van der Waals surface area contributed by atoms with Crippen molar-refractivity contribution in [1.29, 1.82) is 0 Å². The van der Waals surface area contributed by atoms with Gasteiger partial charge in [-0.3, -0.25) is 4.79 Å². The fourth-order valence-corrected chi connectivity index (χ4v) is 2.08. The van der Waals surface area contributed by atoms with Crippen molar-refractivity contribution in [3.8, 4) is 0 Å². The number of nitrogens with zero attached hydrogens (tertiary/aromatic N) is 1. The van der Waals surface area contributed by atoms with Crippen LogP contribution in [0.15, 0.2) is 0 Å². The number of likely N-dealkylation sites (tertiary alicyclic amines) is 1. The minimum absolute atomic E-state index is 0.282. The zero-order chi connectivity index (χ0) is 9.68. The summed E-state index contributed by atoms with van der Waals surface area (Å²) in [5.74, 6) is 0.951. The normalized spacial score (nSPS) is 24.2. The molecule has 0 aromatic heterocycles. The van der Waals surface area contributed by atoms with Crippen LogP contribution >= 0.6 is 12.6 Å². The highest BCUT2D eigenvalue weighted by Gasteiger charge is 2.20. The predicted molar refractivity (Wildman–Crippen MR) is 58.1 cm³/mol. The van der Waals surface area contributed by atoms with Gasteiger partial charge in [-0.1, -0.05) is 12.8 Å². The average Bonchev–Trinajstić information content (AvgIpc) is 2.30. The third kappa shape index (κ3) is 3.22. The number of thiol groups is 1. The molecule has 1 amide bonds. The highest BCUT2D eigenvalue weighted by Crippen LogP contribution is 2.17. The molecule has 1 heterocycles. The standard InChI is InChI=1S/C10H19NOS/c1-9-5-3-2-4-7-11(9)10(12)6-8-13/h9,13H,2-8H2,1H3. The summed E-state index contributed by atoms with van der Waals surface area (Å²) in [6, 6.07) is 0.440. The Bertz CT molecular complexity index is 172. The molecule has 13 heavy (non-hydrogen) atoms. The lowest BCUT2D eigenvalue weighted by Crippen LogP contribution is -2.38. The van der Waals surface area contributed by atoms with E-state index in [0.717, 1.165) is 13.0 Å². The maximum absolute atomic E-state index is 11.6. The van der Waals surface area contributed by atoms with Crippen molar-refractivity contribution in [3.05, 3.63) is 0 Å². The molecule has 3 heteroatoms. The van der Waals surface area contributed by atoms with Crippen LogP contribution < -0.4 is 0 Å². The average molecular weight is 201 g/mol. The molecule has 0 radical (unpaired) electrons. The lowest BCUT2D eigenvalue weighted by molar-refractivity contribution is -0.132. The van der Waals surface area contributed by atoms with Gasteiger partial charge in [0.15, 0.2) is 0 Å². The Hall–Kier alpha value is -0.180. The van der Waals surface area contributed by atoms with E-state index in [9.17, 15) is 4.79 Å². The highest BCUT2D eigenvalue weighted by atomic mass is 32.1. The molecule has 1 unspecified atom stereocenters. The molecule has 0 aromatic carbocycles. The SMILES string of the molecule is CC1CCCCCN1C(=O)CCS. The molecule has 1 aliphatic rings. The zero-order valence-electron chi connectivity index (χ0n) is 8.33. The van der Waals surface area contributed by atoms with Gasteiger partial charge in [0.2, 0.25) is 5.91 Å². The van der Waals surface area contributed by atoms with Crippen LogP contribution in [0.5, 0.6) is 0 Å². The van der Waals surface area contributed by atoms with Gasteiger partial charge in [0, 0.05) is 19.0 Å².